The number of benzene rings is 3. The van der Waals surface area contributed by atoms with Crippen molar-refractivity contribution in [1.29, 1.82) is 0 Å². The number of thiophene rings is 1. The quantitative estimate of drug-likeness (QED) is 0.161. The summed E-state index contributed by atoms with van der Waals surface area (Å²) in [5, 5.41) is 6.64. The van der Waals surface area contributed by atoms with Crippen LogP contribution in [-0.2, 0) is 37.0 Å². The average Bonchev–Trinajstić information content (AvgIpc) is 3.53. The molecule has 2 amide bonds. The van der Waals surface area contributed by atoms with Crippen LogP contribution in [-0.4, -0.2) is 49.4 Å². The summed E-state index contributed by atoms with van der Waals surface area (Å²) in [5.41, 5.74) is 12.2. The number of piperidine rings is 3. The van der Waals surface area contributed by atoms with Crippen molar-refractivity contribution in [1.82, 2.24) is 4.90 Å². The number of anilines is 2. The first-order chi connectivity index (χ1) is 23.9. The van der Waals surface area contributed by atoms with Crippen LogP contribution in [0.1, 0.15) is 90.3 Å². The molecule has 9 heteroatoms. The number of carbonyl (C=O) groups is 3. The van der Waals surface area contributed by atoms with Crippen LogP contribution in [0.5, 0.6) is 0 Å². The second-order valence-electron chi connectivity index (χ2n) is 13.2. The first kappa shape index (κ1) is 34.5. The average molecular weight is 679 g/mol. The predicted molar refractivity (Wildman–Crippen MR) is 197 cm³/mol. The summed E-state index contributed by atoms with van der Waals surface area (Å²) in [7, 11) is 1.37. The Morgan fingerprint density at radius 1 is 0.796 bits per heavy atom. The first-order valence-corrected chi connectivity index (χ1v) is 18.3. The van der Waals surface area contributed by atoms with Gasteiger partial charge in [-0.1, -0.05) is 36.4 Å². The van der Waals surface area contributed by atoms with E-state index in [1.807, 2.05) is 48.5 Å². The van der Waals surface area contributed by atoms with Crippen molar-refractivity contribution in [2.75, 3.05) is 37.4 Å². The van der Waals surface area contributed by atoms with Crippen LogP contribution in [0, 0.1) is 5.92 Å². The van der Waals surface area contributed by atoms with Crippen molar-refractivity contribution in [2.45, 2.75) is 64.3 Å². The molecule has 49 heavy (non-hydrogen) atoms. The van der Waals surface area contributed by atoms with Gasteiger partial charge in [0.05, 0.1) is 18.2 Å². The molecule has 256 valence electrons. The molecule has 4 heterocycles. The summed E-state index contributed by atoms with van der Waals surface area (Å²) in [4.78, 5) is 42.0. The lowest BCUT2D eigenvalue weighted by molar-refractivity contribution is 0.0600. The normalized spacial score (nSPS) is 17.7. The summed E-state index contributed by atoms with van der Waals surface area (Å²) in [6.45, 7) is 4.53. The Balaban J connectivity index is 0.000000451. The zero-order valence-corrected chi connectivity index (χ0v) is 29.1. The van der Waals surface area contributed by atoms with Crippen molar-refractivity contribution in [3.05, 3.63) is 117 Å². The Morgan fingerprint density at radius 2 is 1.45 bits per heavy atom. The highest BCUT2D eigenvalue weighted by Gasteiger charge is 2.27. The van der Waals surface area contributed by atoms with Crippen molar-refractivity contribution in [2.24, 2.45) is 11.7 Å². The largest absolute Gasteiger partial charge is 0.465 e. The molecule has 4 aliphatic rings. The van der Waals surface area contributed by atoms with Crippen molar-refractivity contribution in [3.8, 4) is 0 Å². The van der Waals surface area contributed by atoms with Crippen LogP contribution in [0.3, 0.4) is 0 Å². The number of ether oxygens (including phenoxy) is 1. The number of hydrogen-bond acceptors (Lipinski definition) is 7. The number of amides is 2. The second-order valence-corrected chi connectivity index (χ2v) is 14.3. The third-order valence-corrected chi connectivity index (χ3v) is 11.1. The molecule has 0 radical (unpaired) electrons. The van der Waals surface area contributed by atoms with E-state index >= 15 is 0 Å². The lowest BCUT2D eigenvalue weighted by Gasteiger charge is -2.38. The summed E-state index contributed by atoms with van der Waals surface area (Å²) in [6.07, 6.45) is 9.95. The van der Waals surface area contributed by atoms with Gasteiger partial charge in [-0.3, -0.25) is 9.59 Å². The van der Waals surface area contributed by atoms with Crippen LogP contribution in [0.15, 0.2) is 72.8 Å². The molecule has 1 aromatic heterocycles. The number of methoxy groups -OCH3 is 1. The predicted octanol–water partition coefficient (Wildman–Crippen LogP) is 7.26. The molecule has 0 atom stereocenters. The van der Waals surface area contributed by atoms with Gasteiger partial charge in [0.2, 0.25) is 0 Å². The molecular formula is C40H46N4O4S. The van der Waals surface area contributed by atoms with Gasteiger partial charge in [0.1, 0.15) is 5.00 Å². The molecule has 3 fully saturated rings. The lowest BCUT2D eigenvalue weighted by atomic mass is 9.89. The van der Waals surface area contributed by atoms with Crippen LogP contribution in [0.25, 0.3) is 0 Å². The Bertz CT molecular complexity index is 1740. The van der Waals surface area contributed by atoms with Crippen LogP contribution in [0.2, 0.25) is 0 Å². The summed E-state index contributed by atoms with van der Waals surface area (Å²) in [5.74, 6) is 0.301. The number of hydrogen-bond donors (Lipinski definition) is 3. The monoisotopic (exact) mass is 678 g/mol. The van der Waals surface area contributed by atoms with Crippen LogP contribution in [0.4, 0.5) is 10.7 Å². The molecule has 0 saturated carbocycles. The van der Waals surface area contributed by atoms with Crippen molar-refractivity contribution < 1.29 is 19.1 Å². The van der Waals surface area contributed by atoms with E-state index in [2.05, 4.69) is 15.5 Å². The minimum atomic E-state index is -0.344. The fourth-order valence-corrected chi connectivity index (χ4v) is 8.22. The molecule has 1 aliphatic carbocycles. The molecule has 4 N–H and O–H groups in total. The first-order valence-electron chi connectivity index (χ1n) is 17.4. The maximum Gasteiger partial charge on any atom is 0.337 e. The van der Waals surface area contributed by atoms with Gasteiger partial charge in [-0.05, 0) is 142 Å². The highest BCUT2D eigenvalue weighted by atomic mass is 32.1. The van der Waals surface area contributed by atoms with E-state index in [1.54, 1.807) is 24.3 Å². The number of carbonyl (C=O) groups excluding carboxylic acids is 3. The number of esters is 1. The van der Waals surface area contributed by atoms with E-state index in [1.165, 1.54) is 62.2 Å². The standard InChI is InChI=1S/C33H33N3O4S.C7H13N/c1-40-33(39)24-15-11-21(12-16-24)9-10-22-13-17-26(18-14-22)35-31(38)29-27-7-2-3-8-28(27)41-32(29)36-30(37)25-6-4-5-23(19-25)20-34;1-4-8-5-2-7(1)3-6-8/h4-6,11-19H,2-3,7-10,20,34H2,1H3,(H,35,38)(H,36,37);7H,1-6H2. The van der Waals surface area contributed by atoms with Gasteiger partial charge in [0, 0.05) is 22.7 Å². The van der Waals surface area contributed by atoms with E-state index in [0.717, 1.165) is 66.7 Å². The Labute approximate surface area is 293 Å². The van der Waals surface area contributed by atoms with Gasteiger partial charge in [-0.15, -0.1) is 11.3 Å². The minimum Gasteiger partial charge on any atom is -0.465 e. The zero-order chi connectivity index (χ0) is 34.2. The van der Waals surface area contributed by atoms with E-state index in [-0.39, 0.29) is 17.8 Å². The van der Waals surface area contributed by atoms with Gasteiger partial charge in [-0.2, -0.15) is 0 Å². The van der Waals surface area contributed by atoms with E-state index < -0.39 is 0 Å². The van der Waals surface area contributed by atoms with E-state index in [0.29, 0.717) is 33.9 Å². The van der Waals surface area contributed by atoms with Gasteiger partial charge in [0.15, 0.2) is 0 Å². The number of nitrogens with two attached hydrogens (primary N) is 1. The topological polar surface area (TPSA) is 114 Å². The number of nitrogens with zero attached hydrogens (tertiary/aromatic N) is 1. The molecule has 0 spiro atoms. The molecule has 0 unspecified atom stereocenters. The number of fused-ring (bicyclic) bond motifs is 4. The maximum absolute atomic E-state index is 13.6. The van der Waals surface area contributed by atoms with Crippen LogP contribution >= 0.6 is 11.3 Å². The number of nitrogens with one attached hydrogen (secondary N) is 2. The molecule has 3 aliphatic heterocycles. The summed E-state index contributed by atoms with van der Waals surface area (Å²) < 4.78 is 4.75. The zero-order valence-electron chi connectivity index (χ0n) is 28.3. The Morgan fingerprint density at radius 3 is 2.04 bits per heavy atom. The Hall–Kier alpha value is -4.31. The molecule has 4 aromatic rings. The molecule has 8 nitrogen and oxygen atoms in total. The molecule has 2 bridgehead atoms. The Kier molecular flexibility index (Phi) is 11.6. The SMILES string of the molecule is C1CN2CCC1CC2.COC(=O)c1ccc(CCc2ccc(NC(=O)c3c(NC(=O)c4cccc(CN)c4)sc4c3CCCC4)cc2)cc1. The molecule has 8 rings (SSSR count). The third kappa shape index (κ3) is 8.84. The van der Waals surface area contributed by atoms with Gasteiger partial charge < -0.3 is 26.0 Å². The van der Waals surface area contributed by atoms with Gasteiger partial charge >= 0.3 is 5.97 Å². The summed E-state index contributed by atoms with van der Waals surface area (Å²) >= 11 is 1.50. The maximum atomic E-state index is 13.6. The van der Waals surface area contributed by atoms with E-state index in [9.17, 15) is 14.4 Å². The fraction of sp³-hybridized carbons (Fsp3) is 0.375. The van der Waals surface area contributed by atoms with Gasteiger partial charge in [-0.25, -0.2) is 4.79 Å². The van der Waals surface area contributed by atoms with Crippen LogP contribution < -0.4 is 16.4 Å². The molecule has 3 saturated heterocycles. The number of aryl methyl sites for hydroxylation is 3. The van der Waals surface area contributed by atoms with E-state index in [4.69, 9.17) is 10.5 Å². The summed E-state index contributed by atoms with van der Waals surface area (Å²) in [6, 6.07) is 22.5. The van der Waals surface area contributed by atoms with Gasteiger partial charge in [0.25, 0.3) is 11.8 Å². The minimum absolute atomic E-state index is 0.214. The smallest absolute Gasteiger partial charge is 0.337 e. The highest BCUT2D eigenvalue weighted by molar-refractivity contribution is 7.17. The second kappa shape index (κ2) is 16.4. The lowest BCUT2D eigenvalue weighted by Crippen LogP contribution is -2.41. The molecule has 3 aromatic carbocycles. The number of rotatable bonds is 9. The van der Waals surface area contributed by atoms with Crippen molar-refractivity contribution >= 4 is 39.8 Å². The fourth-order valence-electron chi connectivity index (χ4n) is 6.94. The van der Waals surface area contributed by atoms with Crippen molar-refractivity contribution in [3.63, 3.8) is 0 Å². The molecular weight excluding hydrogens is 633 g/mol. The third-order valence-electron chi connectivity index (χ3n) is 9.90. The highest BCUT2D eigenvalue weighted by Crippen LogP contribution is 2.39.